The number of nitrogens with zero attached hydrogens (tertiary/aromatic N) is 2. The SMILES string of the molecule is C[C@@H]1CN(c2ccc(Cl)c(F)c2)CCN1CC(=O)Nc1ccc2c(c1)CC(=O)N2. The topological polar surface area (TPSA) is 64.7 Å². The lowest BCUT2D eigenvalue weighted by Crippen LogP contribution is -2.53. The summed E-state index contributed by atoms with van der Waals surface area (Å²) in [6.45, 7) is 4.42. The van der Waals surface area contributed by atoms with E-state index in [1.54, 1.807) is 12.1 Å². The van der Waals surface area contributed by atoms with Gasteiger partial charge in [0, 0.05) is 42.7 Å². The van der Waals surface area contributed by atoms with Crippen LogP contribution >= 0.6 is 11.6 Å². The molecule has 2 amide bonds. The van der Waals surface area contributed by atoms with Gasteiger partial charge in [0.25, 0.3) is 0 Å². The molecule has 2 aliphatic heterocycles. The van der Waals surface area contributed by atoms with E-state index in [2.05, 4.69) is 27.4 Å². The Hall–Kier alpha value is -2.64. The molecule has 152 valence electrons. The van der Waals surface area contributed by atoms with E-state index in [4.69, 9.17) is 11.6 Å². The number of amides is 2. The largest absolute Gasteiger partial charge is 0.369 e. The lowest BCUT2D eigenvalue weighted by atomic mass is 10.1. The van der Waals surface area contributed by atoms with E-state index in [-0.39, 0.29) is 29.4 Å². The fourth-order valence-corrected chi connectivity index (χ4v) is 3.96. The van der Waals surface area contributed by atoms with Crippen molar-refractivity contribution < 1.29 is 14.0 Å². The average Bonchev–Trinajstić information content (AvgIpc) is 3.05. The maximum absolute atomic E-state index is 13.7. The van der Waals surface area contributed by atoms with Crippen molar-refractivity contribution in [3.63, 3.8) is 0 Å². The number of piperazine rings is 1. The lowest BCUT2D eigenvalue weighted by molar-refractivity contribution is -0.118. The van der Waals surface area contributed by atoms with Gasteiger partial charge in [-0.05, 0) is 48.9 Å². The number of fused-ring (bicyclic) bond motifs is 1. The predicted octanol–water partition coefficient (Wildman–Crippen LogP) is 3.12. The molecule has 6 nitrogen and oxygen atoms in total. The highest BCUT2D eigenvalue weighted by Crippen LogP contribution is 2.26. The minimum atomic E-state index is -0.426. The van der Waals surface area contributed by atoms with Crippen LogP contribution in [0, 0.1) is 5.82 Å². The summed E-state index contributed by atoms with van der Waals surface area (Å²) in [4.78, 5) is 28.2. The molecule has 29 heavy (non-hydrogen) atoms. The van der Waals surface area contributed by atoms with Crippen LogP contribution in [-0.4, -0.2) is 48.9 Å². The Morgan fingerprint density at radius 2 is 2.10 bits per heavy atom. The lowest BCUT2D eigenvalue weighted by Gasteiger charge is -2.40. The molecular weight excluding hydrogens is 395 g/mol. The molecule has 0 saturated carbocycles. The summed E-state index contributed by atoms with van der Waals surface area (Å²) in [5.74, 6) is -0.555. The maximum Gasteiger partial charge on any atom is 0.238 e. The number of nitrogens with one attached hydrogen (secondary N) is 2. The minimum Gasteiger partial charge on any atom is -0.369 e. The van der Waals surface area contributed by atoms with Crippen molar-refractivity contribution in [2.24, 2.45) is 0 Å². The standard InChI is InChI=1S/C21H22ClFN4O2/c1-13-11-27(16-3-4-17(22)18(23)10-16)7-6-26(13)12-21(29)24-15-2-5-19-14(8-15)9-20(28)25-19/h2-5,8,10,13H,6-7,9,11-12H2,1H3,(H,24,29)(H,25,28)/t13-/m1/s1. The van der Waals surface area contributed by atoms with Crippen LogP contribution in [0.15, 0.2) is 36.4 Å². The minimum absolute atomic E-state index is 0.0317. The van der Waals surface area contributed by atoms with Crippen LogP contribution in [-0.2, 0) is 16.0 Å². The van der Waals surface area contributed by atoms with Gasteiger partial charge in [-0.3, -0.25) is 14.5 Å². The Morgan fingerprint density at radius 3 is 2.86 bits per heavy atom. The van der Waals surface area contributed by atoms with Gasteiger partial charge in [0.05, 0.1) is 18.0 Å². The van der Waals surface area contributed by atoms with E-state index in [1.807, 2.05) is 18.2 Å². The first-order valence-corrected chi connectivity index (χ1v) is 9.93. The fourth-order valence-electron chi connectivity index (χ4n) is 3.84. The van der Waals surface area contributed by atoms with E-state index in [9.17, 15) is 14.0 Å². The molecule has 0 radical (unpaired) electrons. The van der Waals surface area contributed by atoms with Gasteiger partial charge in [-0.1, -0.05) is 11.6 Å². The Kier molecular flexibility index (Phi) is 5.43. The highest BCUT2D eigenvalue weighted by atomic mass is 35.5. The number of anilines is 3. The molecular formula is C21H22ClFN4O2. The van der Waals surface area contributed by atoms with Crippen molar-refractivity contribution in [3.05, 3.63) is 52.8 Å². The summed E-state index contributed by atoms with van der Waals surface area (Å²) in [6.07, 6.45) is 0.337. The van der Waals surface area contributed by atoms with Crippen molar-refractivity contribution in [2.45, 2.75) is 19.4 Å². The van der Waals surface area contributed by atoms with Gasteiger partial charge in [0.1, 0.15) is 5.82 Å². The van der Waals surface area contributed by atoms with Crippen molar-refractivity contribution in [1.29, 1.82) is 0 Å². The van der Waals surface area contributed by atoms with Crippen LogP contribution in [0.5, 0.6) is 0 Å². The molecule has 8 heteroatoms. The zero-order valence-corrected chi connectivity index (χ0v) is 16.8. The van der Waals surface area contributed by atoms with Gasteiger partial charge in [0.15, 0.2) is 0 Å². The first-order chi connectivity index (χ1) is 13.9. The van der Waals surface area contributed by atoms with Crippen LogP contribution in [0.1, 0.15) is 12.5 Å². The summed E-state index contributed by atoms with van der Waals surface area (Å²) in [5, 5.41) is 5.81. The van der Waals surface area contributed by atoms with E-state index >= 15 is 0 Å². The molecule has 2 heterocycles. The van der Waals surface area contributed by atoms with Gasteiger partial charge in [-0.2, -0.15) is 0 Å². The van der Waals surface area contributed by atoms with Gasteiger partial charge in [0.2, 0.25) is 11.8 Å². The molecule has 2 aromatic carbocycles. The van der Waals surface area contributed by atoms with Gasteiger partial charge < -0.3 is 15.5 Å². The van der Waals surface area contributed by atoms with Crippen molar-refractivity contribution in [2.75, 3.05) is 41.7 Å². The number of hydrogen-bond acceptors (Lipinski definition) is 4. The predicted molar refractivity (Wildman–Crippen MR) is 112 cm³/mol. The average molecular weight is 417 g/mol. The number of halogens is 2. The Labute approximate surface area is 173 Å². The Morgan fingerprint density at radius 1 is 1.28 bits per heavy atom. The van der Waals surface area contributed by atoms with Gasteiger partial charge >= 0.3 is 0 Å². The Bertz CT molecular complexity index is 968. The van der Waals surface area contributed by atoms with Gasteiger partial charge in [-0.25, -0.2) is 4.39 Å². The smallest absolute Gasteiger partial charge is 0.238 e. The van der Waals surface area contributed by atoms with E-state index in [0.29, 0.717) is 31.7 Å². The summed E-state index contributed by atoms with van der Waals surface area (Å²) >= 11 is 5.77. The third-order valence-corrected chi connectivity index (χ3v) is 5.70. The molecule has 1 saturated heterocycles. The summed E-state index contributed by atoms with van der Waals surface area (Å²) < 4.78 is 13.7. The van der Waals surface area contributed by atoms with Crippen LogP contribution in [0.25, 0.3) is 0 Å². The second kappa shape index (κ2) is 8.00. The number of rotatable bonds is 4. The molecule has 0 spiro atoms. The van der Waals surface area contributed by atoms with Crippen molar-refractivity contribution in [3.8, 4) is 0 Å². The fraction of sp³-hybridized carbons (Fsp3) is 0.333. The number of carbonyl (C=O) groups is 2. The maximum atomic E-state index is 13.7. The molecule has 1 fully saturated rings. The molecule has 0 aromatic heterocycles. The molecule has 0 bridgehead atoms. The Balaban J connectivity index is 1.33. The first kappa shape index (κ1) is 19.7. The third kappa shape index (κ3) is 4.36. The molecule has 1 atom stereocenters. The first-order valence-electron chi connectivity index (χ1n) is 9.56. The highest BCUT2D eigenvalue weighted by Gasteiger charge is 2.26. The van der Waals surface area contributed by atoms with E-state index in [0.717, 1.165) is 16.9 Å². The number of hydrogen-bond donors (Lipinski definition) is 2. The highest BCUT2D eigenvalue weighted by molar-refractivity contribution is 6.30. The van der Waals surface area contributed by atoms with Crippen LogP contribution < -0.4 is 15.5 Å². The second-order valence-corrected chi connectivity index (χ2v) is 7.92. The van der Waals surface area contributed by atoms with Crippen LogP contribution in [0.4, 0.5) is 21.5 Å². The molecule has 2 aliphatic rings. The number of benzene rings is 2. The number of carbonyl (C=O) groups excluding carboxylic acids is 2. The monoisotopic (exact) mass is 416 g/mol. The van der Waals surface area contributed by atoms with Crippen LogP contribution in [0.3, 0.4) is 0 Å². The third-order valence-electron chi connectivity index (χ3n) is 5.39. The van der Waals surface area contributed by atoms with Gasteiger partial charge in [-0.15, -0.1) is 0 Å². The summed E-state index contributed by atoms with van der Waals surface area (Å²) in [5.41, 5.74) is 3.18. The zero-order valence-electron chi connectivity index (χ0n) is 16.0. The van der Waals surface area contributed by atoms with Crippen molar-refractivity contribution >= 4 is 40.5 Å². The molecule has 4 rings (SSSR count). The second-order valence-electron chi connectivity index (χ2n) is 7.51. The summed E-state index contributed by atoms with van der Waals surface area (Å²) in [6, 6.07) is 10.4. The normalized spacial score (nSPS) is 19.1. The van der Waals surface area contributed by atoms with E-state index < -0.39 is 5.82 Å². The zero-order chi connectivity index (χ0) is 20.5. The molecule has 0 aliphatic carbocycles. The van der Waals surface area contributed by atoms with Crippen LogP contribution in [0.2, 0.25) is 5.02 Å². The molecule has 2 aromatic rings. The quantitative estimate of drug-likeness (QED) is 0.803. The van der Waals surface area contributed by atoms with E-state index in [1.165, 1.54) is 6.07 Å². The molecule has 0 unspecified atom stereocenters. The van der Waals surface area contributed by atoms with Crippen molar-refractivity contribution in [1.82, 2.24) is 4.90 Å². The molecule has 2 N–H and O–H groups in total. The summed E-state index contributed by atoms with van der Waals surface area (Å²) in [7, 11) is 0.